The van der Waals surface area contributed by atoms with Gasteiger partial charge in [-0.2, -0.15) is 0 Å². The lowest BCUT2D eigenvalue weighted by atomic mass is 10.0. The number of rotatable bonds is 18. The highest BCUT2D eigenvalue weighted by Crippen LogP contribution is 2.11. The Morgan fingerprint density at radius 2 is 1.25 bits per heavy atom. The summed E-state index contributed by atoms with van der Waals surface area (Å²) in [6.07, 6.45) is 18.0. The third-order valence-electron chi connectivity index (χ3n) is 4.70. The molecule has 0 aromatic heterocycles. The van der Waals surface area contributed by atoms with Crippen molar-refractivity contribution in [1.29, 1.82) is 0 Å². The van der Waals surface area contributed by atoms with Crippen LogP contribution in [0.2, 0.25) is 0 Å². The van der Waals surface area contributed by atoms with E-state index < -0.39 is 0 Å². The molecule has 0 aliphatic heterocycles. The third-order valence-corrected chi connectivity index (χ3v) is 4.70. The van der Waals surface area contributed by atoms with Gasteiger partial charge in [0.2, 0.25) is 5.91 Å². The normalized spacial score (nSPS) is 12.3. The van der Waals surface area contributed by atoms with Crippen molar-refractivity contribution in [3.8, 4) is 0 Å². The molecule has 0 fully saturated rings. The lowest BCUT2D eigenvalue weighted by molar-refractivity contribution is -0.121. The minimum absolute atomic E-state index is 0.1000. The van der Waals surface area contributed by atoms with Gasteiger partial charge in [0.05, 0.1) is 6.10 Å². The topological polar surface area (TPSA) is 49.3 Å². The van der Waals surface area contributed by atoms with Crippen molar-refractivity contribution in [3.63, 3.8) is 0 Å². The van der Waals surface area contributed by atoms with Crippen LogP contribution < -0.4 is 5.32 Å². The molecule has 3 nitrogen and oxygen atoms in total. The molecule has 2 N–H and O–H groups in total. The van der Waals surface area contributed by atoms with Crippen molar-refractivity contribution in [2.45, 2.75) is 123 Å². The van der Waals surface area contributed by atoms with Crippen molar-refractivity contribution < 1.29 is 9.90 Å². The highest BCUT2D eigenvalue weighted by molar-refractivity contribution is 5.75. The fraction of sp³-hybridized carbons (Fsp3) is 0.952. The largest absolute Gasteiger partial charge is 0.393 e. The molecule has 0 spiro atoms. The lowest BCUT2D eigenvalue weighted by Gasteiger charge is -2.10. The molecule has 1 amide bonds. The van der Waals surface area contributed by atoms with E-state index in [0.29, 0.717) is 12.8 Å². The summed E-state index contributed by atoms with van der Waals surface area (Å²) in [4.78, 5) is 11.7. The van der Waals surface area contributed by atoms with Gasteiger partial charge in [0.25, 0.3) is 0 Å². The Morgan fingerprint density at radius 1 is 0.750 bits per heavy atom. The molecule has 0 heterocycles. The van der Waals surface area contributed by atoms with Crippen LogP contribution in [0.1, 0.15) is 117 Å². The third kappa shape index (κ3) is 17.8. The number of aliphatic hydroxyl groups is 1. The van der Waals surface area contributed by atoms with Gasteiger partial charge in [0, 0.05) is 13.0 Å². The van der Waals surface area contributed by atoms with Crippen LogP contribution in [0.5, 0.6) is 0 Å². The average Bonchev–Trinajstić information content (AvgIpc) is 2.58. The quantitative estimate of drug-likeness (QED) is 0.312. The predicted molar refractivity (Wildman–Crippen MR) is 104 cm³/mol. The molecular weight excluding hydrogens is 298 g/mol. The average molecular weight is 342 g/mol. The second kappa shape index (κ2) is 18.8. The van der Waals surface area contributed by atoms with Crippen molar-refractivity contribution in [2.75, 3.05) is 6.54 Å². The molecule has 0 aromatic carbocycles. The van der Waals surface area contributed by atoms with E-state index in [1.165, 1.54) is 70.6 Å². The molecule has 0 unspecified atom stereocenters. The number of carbonyl (C=O) groups is 1. The standard InChI is InChI=1S/C21H43NO2/c1-3-5-7-9-10-11-13-15-19-22-21(24)18-17-20(23)16-14-12-8-6-4-2/h20,23H,3-19H2,1-2H3,(H,22,24)/t20-/m0/s1. The molecule has 0 radical (unpaired) electrons. The summed E-state index contributed by atoms with van der Waals surface area (Å²) in [5, 5.41) is 12.9. The summed E-state index contributed by atoms with van der Waals surface area (Å²) in [5.41, 5.74) is 0. The molecule has 24 heavy (non-hydrogen) atoms. The van der Waals surface area contributed by atoms with Crippen LogP contribution in [0.4, 0.5) is 0 Å². The monoisotopic (exact) mass is 341 g/mol. The van der Waals surface area contributed by atoms with Crippen molar-refractivity contribution in [2.24, 2.45) is 0 Å². The second-order valence-electron chi connectivity index (χ2n) is 7.22. The minimum atomic E-state index is -0.305. The summed E-state index contributed by atoms with van der Waals surface area (Å²) in [6.45, 7) is 5.25. The number of carbonyl (C=O) groups excluding carboxylic acids is 1. The van der Waals surface area contributed by atoms with Gasteiger partial charge in [-0.1, -0.05) is 90.9 Å². The maximum absolute atomic E-state index is 11.7. The number of nitrogens with one attached hydrogen (secondary N) is 1. The first-order valence-corrected chi connectivity index (χ1v) is 10.7. The fourth-order valence-electron chi connectivity index (χ4n) is 3.00. The van der Waals surface area contributed by atoms with Gasteiger partial charge in [0.1, 0.15) is 0 Å². The van der Waals surface area contributed by atoms with Crippen LogP contribution in [0, 0.1) is 0 Å². The zero-order valence-corrected chi connectivity index (χ0v) is 16.5. The molecule has 0 bridgehead atoms. The van der Waals surface area contributed by atoms with Crippen molar-refractivity contribution in [3.05, 3.63) is 0 Å². The van der Waals surface area contributed by atoms with Crippen LogP contribution in [0.25, 0.3) is 0 Å². The highest BCUT2D eigenvalue weighted by Gasteiger charge is 2.07. The number of unbranched alkanes of at least 4 members (excludes halogenated alkanes) is 11. The predicted octanol–water partition coefficient (Wildman–Crippen LogP) is 5.74. The molecule has 144 valence electrons. The summed E-state index contributed by atoms with van der Waals surface area (Å²) >= 11 is 0. The Balaban J connectivity index is 3.31. The maximum atomic E-state index is 11.7. The Labute approximate surface area is 151 Å². The van der Waals surface area contributed by atoms with Gasteiger partial charge in [-0.15, -0.1) is 0 Å². The second-order valence-corrected chi connectivity index (χ2v) is 7.22. The van der Waals surface area contributed by atoms with Gasteiger partial charge in [-0.25, -0.2) is 0 Å². The Kier molecular flexibility index (Phi) is 18.3. The zero-order chi connectivity index (χ0) is 17.9. The SMILES string of the molecule is CCCCCCCCCCNC(=O)CC[C@@H](O)CCCCCCC. The van der Waals surface area contributed by atoms with Gasteiger partial charge >= 0.3 is 0 Å². The molecular formula is C21H43NO2. The minimum Gasteiger partial charge on any atom is -0.393 e. The molecule has 0 saturated heterocycles. The van der Waals surface area contributed by atoms with E-state index >= 15 is 0 Å². The van der Waals surface area contributed by atoms with E-state index in [4.69, 9.17) is 0 Å². The van der Waals surface area contributed by atoms with Crippen LogP contribution >= 0.6 is 0 Å². The van der Waals surface area contributed by atoms with Crippen LogP contribution in [0.15, 0.2) is 0 Å². The van der Waals surface area contributed by atoms with Crippen molar-refractivity contribution in [1.82, 2.24) is 5.32 Å². The van der Waals surface area contributed by atoms with Crippen molar-refractivity contribution >= 4 is 5.91 Å². The summed E-state index contributed by atoms with van der Waals surface area (Å²) in [6, 6.07) is 0. The molecule has 0 aliphatic rings. The first-order valence-electron chi connectivity index (χ1n) is 10.7. The number of aliphatic hydroxyl groups excluding tert-OH is 1. The Hall–Kier alpha value is -0.570. The summed E-state index contributed by atoms with van der Waals surface area (Å²) in [5.74, 6) is 0.1000. The van der Waals surface area contributed by atoms with E-state index in [9.17, 15) is 9.90 Å². The molecule has 0 saturated carbocycles. The highest BCUT2D eigenvalue weighted by atomic mass is 16.3. The molecule has 0 rings (SSSR count). The van der Waals surface area contributed by atoms with E-state index in [-0.39, 0.29) is 12.0 Å². The molecule has 3 heteroatoms. The van der Waals surface area contributed by atoms with E-state index in [0.717, 1.165) is 25.8 Å². The lowest BCUT2D eigenvalue weighted by Crippen LogP contribution is -2.25. The summed E-state index contributed by atoms with van der Waals surface area (Å²) < 4.78 is 0. The first kappa shape index (κ1) is 23.4. The van der Waals surface area contributed by atoms with Crippen LogP contribution in [0.3, 0.4) is 0 Å². The molecule has 1 atom stereocenters. The van der Waals surface area contributed by atoms with E-state index in [2.05, 4.69) is 19.2 Å². The Morgan fingerprint density at radius 3 is 1.83 bits per heavy atom. The summed E-state index contributed by atoms with van der Waals surface area (Å²) in [7, 11) is 0. The number of amides is 1. The van der Waals surface area contributed by atoms with Crippen LogP contribution in [-0.4, -0.2) is 23.7 Å². The van der Waals surface area contributed by atoms with Gasteiger partial charge in [-0.05, 0) is 19.3 Å². The maximum Gasteiger partial charge on any atom is 0.220 e. The number of hydrogen-bond acceptors (Lipinski definition) is 2. The van der Waals surface area contributed by atoms with E-state index in [1.54, 1.807) is 0 Å². The molecule has 0 aliphatic carbocycles. The number of hydrogen-bond donors (Lipinski definition) is 2. The van der Waals surface area contributed by atoms with Gasteiger partial charge in [-0.3, -0.25) is 4.79 Å². The van der Waals surface area contributed by atoms with Crippen LogP contribution in [-0.2, 0) is 4.79 Å². The van der Waals surface area contributed by atoms with Gasteiger partial charge in [0.15, 0.2) is 0 Å². The first-order chi connectivity index (χ1) is 11.7. The van der Waals surface area contributed by atoms with E-state index in [1.807, 2.05) is 0 Å². The smallest absolute Gasteiger partial charge is 0.220 e. The van der Waals surface area contributed by atoms with Gasteiger partial charge < -0.3 is 10.4 Å². The Bertz CT molecular complexity index is 269. The molecule has 0 aromatic rings. The zero-order valence-electron chi connectivity index (χ0n) is 16.5. The fourth-order valence-corrected chi connectivity index (χ4v) is 3.00.